The highest BCUT2D eigenvalue weighted by Crippen LogP contribution is 2.49. The van der Waals surface area contributed by atoms with Gasteiger partial charge in [-0.3, -0.25) is 10.1 Å². The van der Waals surface area contributed by atoms with Crippen LogP contribution in [0.1, 0.15) is 0 Å². The maximum atomic E-state index is 11.2. The van der Waals surface area contributed by atoms with E-state index in [9.17, 15) is 14.7 Å². The highest BCUT2D eigenvalue weighted by molar-refractivity contribution is 7.90. The lowest BCUT2D eigenvalue weighted by molar-refractivity contribution is -0.306. The third-order valence-electron chi connectivity index (χ3n) is 1.28. The summed E-state index contributed by atoms with van der Waals surface area (Å²) in [5, 5.41) is 10.3. The topological polar surface area (TPSA) is 60.2 Å². The first-order valence-electron chi connectivity index (χ1n) is 3.05. The summed E-state index contributed by atoms with van der Waals surface area (Å²) in [7, 11) is 0. The average Bonchev–Trinajstić information content (AvgIpc) is 2.06. The fraction of sp³-hybridized carbons (Fsp3) is 0. The second kappa shape index (κ2) is 3.25. The quantitative estimate of drug-likeness (QED) is 0.422. The van der Waals surface area contributed by atoms with Gasteiger partial charge in [-0.25, -0.2) is 4.57 Å². The Labute approximate surface area is 73.5 Å². The summed E-state index contributed by atoms with van der Waals surface area (Å²) >= 11 is 5.25. The zero-order valence-electron chi connectivity index (χ0n) is 5.88. The summed E-state index contributed by atoms with van der Waals surface area (Å²) in [6.45, 7) is -3.92. The van der Waals surface area contributed by atoms with Crippen molar-refractivity contribution < 1.29 is 9.26 Å². The Morgan fingerprint density at radius 2 is 1.83 bits per heavy atom. The van der Waals surface area contributed by atoms with Crippen LogP contribution >= 0.6 is 17.9 Å². The molecule has 0 aliphatic rings. The highest BCUT2D eigenvalue weighted by Gasteiger charge is 2.35. The molecule has 1 aromatic rings. The largest absolute Gasteiger partial charge is 0.491 e. The summed E-state index contributed by atoms with van der Waals surface area (Å²) in [4.78, 5) is 10.2. The fourth-order valence-electron chi connectivity index (χ4n) is 0.706. The van der Waals surface area contributed by atoms with E-state index in [-0.39, 0.29) is 5.30 Å². The highest BCUT2D eigenvalue weighted by atomic mass is 35.7. The molecular formula is C6H5ClNO3P. The molecule has 1 rings (SSSR count). The standard InChI is InChI=1S/C6H5ClNO3P/c7-12(11,8(9)10)6-4-2-1-3-5-6/h1-5H. The second-order valence-electron chi connectivity index (χ2n) is 2.08. The Kier molecular flexibility index (Phi) is 2.50. The van der Waals surface area contributed by atoms with Gasteiger partial charge in [-0.2, -0.15) is 0 Å². The van der Waals surface area contributed by atoms with Crippen molar-refractivity contribution in [1.82, 2.24) is 0 Å². The van der Waals surface area contributed by atoms with Crippen molar-refractivity contribution in [1.29, 1.82) is 0 Å². The molecule has 0 bridgehead atoms. The van der Waals surface area contributed by atoms with E-state index in [0.717, 1.165) is 0 Å². The van der Waals surface area contributed by atoms with Gasteiger partial charge in [0.1, 0.15) is 0 Å². The molecule has 6 heteroatoms. The van der Waals surface area contributed by atoms with Crippen LogP contribution in [0.4, 0.5) is 0 Å². The normalized spacial score (nSPS) is 15.1. The van der Waals surface area contributed by atoms with Crippen LogP contribution in [0.25, 0.3) is 0 Å². The van der Waals surface area contributed by atoms with Crippen LogP contribution < -0.4 is 5.30 Å². The summed E-state index contributed by atoms with van der Waals surface area (Å²) in [6.07, 6.45) is 0. The first kappa shape index (κ1) is 9.23. The van der Waals surface area contributed by atoms with Crippen molar-refractivity contribution in [3.8, 4) is 0 Å². The van der Waals surface area contributed by atoms with Crippen molar-refractivity contribution in [3.05, 3.63) is 40.4 Å². The lowest BCUT2D eigenvalue weighted by atomic mass is 10.4. The predicted molar refractivity (Wildman–Crippen MR) is 46.5 cm³/mol. The number of halogens is 1. The molecule has 0 amide bonds. The van der Waals surface area contributed by atoms with Gasteiger partial charge < -0.3 is 0 Å². The minimum absolute atomic E-state index is 0.0525. The predicted octanol–water partition coefficient (Wildman–Crippen LogP) is 2.02. The molecule has 0 heterocycles. The van der Waals surface area contributed by atoms with Crippen LogP contribution in [0, 0.1) is 10.1 Å². The van der Waals surface area contributed by atoms with Gasteiger partial charge in [0.25, 0.3) is 0 Å². The number of hydrogen-bond donors (Lipinski definition) is 0. The number of hydrogen-bond acceptors (Lipinski definition) is 3. The summed E-state index contributed by atoms with van der Waals surface area (Å²) in [5.74, 6) is 0. The van der Waals surface area contributed by atoms with Crippen molar-refractivity contribution in [2.75, 3.05) is 0 Å². The minimum atomic E-state index is -3.92. The van der Waals surface area contributed by atoms with E-state index in [1.165, 1.54) is 12.1 Å². The maximum absolute atomic E-state index is 11.2. The van der Waals surface area contributed by atoms with E-state index in [1.54, 1.807) is 18.2 Å². The molecule has 1 atom stereocenters. The number of nitrogens with zero attached hydrogens (tertiary/aromatic N) is 1. The first-order valence-corrected chi connectivity index (χ1v) is 5.62. The monoisotopic (exact) mass is 205 g/mol. The van der Waals surface area contributed by atoms with E-state index < -0.39 is 11.3 Å². The number of benzene rings is 1. The van der Waals surface area contributed by atoms with Crippen LogP contribution in [0.5, 0.6) is 0 Å². The molecule has 1 aromatic carbocycles. The van der Waals surface area contributed by atoms with Crippen LogP contribution in [0.15, 0.2) is 30.3 Å². The van der Waals surface area contributed by atoms with Gasteiger partial charge in [0.15, 0.2) is 0 Å². The van der Waals surface area contributed by atoms with Crippen molar-refractivity contribution in [2.24, 2.45) is 0 Å². The number of nitro groups is 1. The summed E-state index contributed by atoms with van der Waals surface area (Å²) in [5.41, 5.74) is 0. The number of rotatable bonds is 2. The van der Waals surface area contributed by atoms with E-state index in [2.05, 4.69) is 0 Å². The molecule has 0 fully saturated rings. The summed E-state index contributed by atoms with van der Waals surface area (Å²) in [6, 6.07) is 7.51. The third kappa shape index (κ3) is 1.65. The lowest BCUT2D eigenvalue weighted by Crippen LogP contribution is -2.06. The molecule has 0 aromatic heterocycles. The molecular weight excluding hydrogens is 200 g/mol. The second-order valence-corrected chi connectivity index (χ2v) is 5.30. The molecule has 4 nitrogen and oxygen atoms in total. The summed E-state index contributed by atoms with van der Waals surface area (Å²) < 4.78 is 10.2. The molecule has 0 radical (unpaired) electrons. The van der Waals surface area contributed by atoms with Crippen molar-refractivity contribution in [3.63, 3.8) is 0 Å². The van der Waals surface area contributed by atoms with Gasteiger partial charge in [0.2, 0.25) is 0 Å². The van der Waals surface area contributed by atoms with E-state index in [1.807, 2.05) is 0 Å². The average molecular weight is 206 g/mol. The molecule has 1 unspecified atom stereocenters. The molecule has 0 aliphatic carbocycles. The lowest BCUT2D eigenvalue weighted by Gasteiger charge is -1.99. The van der Waals surface area contributed by atoms with Gasteiger partial charge >= 0.3 is 6.65 Å². The Morgan fingerprint density at radius 1 is 1.33 bits per heavy atom. The Hall–Kier alpha value is -0.860. The van der Waals surface area contributed by atoms with E-state index in [0.29, 0.717) is 0 Å². The molecule has 0 spiro atoms. The van der Waals surface area contributed by atoms with Crippen LogP contribution in [-0.2, 0) is 4.57 Å². The molecule has 0 saturated carbocycles. The molecule has 0 N–H and O–H groups in total. The van der Waals surface area contributed by atoms with Crippen LogP contribution in [0.3, 0.4) is 0 Å². The third-order valence-corrected chi connectivity index (χ3v) is 3.60. The zero-order valence-corrected chi connectivity index (χ0v) is 7.53. The zero-order chi connectivity index (χ0) is 9.19. The Bertz CT molecular complexity index is 340. The van der Waals surface area contributed by atoms with Crippen molar-refractivity contribution in [2.45, 2.75) is 0 Å². The Balaban J connectivity index is 3.16. The van der Waals surface area contributed by atoms with Gasteiger partial charge in [-0.05, 0) is 12.1 Å². The first-order chi connectivity index (χ1) is 5.55. The van der Waals surface area contributed by atoms with Crippen LogP contribution in [0.2, 0.25) is 0 Å². The van der Waals surface area contributed by atoms with Gasteiger partial charge in [-0.15, -0.1) is 0 Å². The Morgan fingerprint density at radius 3 is 2.25 bits per heavy atom. The fourth-order valence-corrected chi connectivity index (χ4v) is 1.77. The SMILES string of the molecule is O=[N+]([O-])P(=O)(Cl)c1ccccc1. The van der Waals surface area contributed by atoms with Gasteiger partial charge in [0, 0.05) is 11.2 Å². The van der Waals surface area contributed by atoms with Crippen molar-refractivity contribution >= 4 is 23.2 Å². The van der Waals surface area contributed by atoms with Gasteiger partial charge in [-0.1, -0.05) is 18.2 Å². The van der Waals surface area contributed by atoms with E-state index in [4.69, 9.17) is 11.2 Å². The molecule has 0 aliphatic heterocycles. The van der Waals surface area contributed by atoms with Gasteiger partial charge in [0.05, 0.1) is 10.00 Å². The van der Waals surface area contributed by atoms with Crippen LogP contribution in [-0.4, -0.2) is 4.69 Å². The molecule has 64 valence electrons. The molecule has 12 heavy (non-hydrogen) atoms. The maximum Gasteiger partial charge on any atom is 0.491 e. The molecule has 0 saturated heterocycles. The minimum Gasteiger partial charge on any atom is -0.260 e. The smallest absolute Gasteiger partial charge is 0.260 e. The van der Waals surface area contributed by atoms with E-state index >= 15 is 0 Å².